The summed E-state index contributed by atoms with van der Waals surface area (Å²) in [6, 6.07) is 15.1. The zero-order valence-electron chi connectivity index (χ0n) is 13.6. The van der Waals surface area contributed by atoms with Gasteiger partial charge < -0.3 is 15.0 Å². The predicted octanol–water partition coefficient (Wildman–Crippen LogP) is 2.61. The van der Waals surface area contributed by atoms with Crippen molar-refractivity contribution in [3.63, 3.8) is 0 Å². The summed E-state index contributed by atoms with van der Waals surface area (Å²) in [7, 11) is 0. The number of fused-ring (bicyclic) bond motifs is 1. The minimum absolute atomic E-state index is 0.0410. The van der Waals surface area contributed by atoms with E-state index in [2.05, 4.69) is 5.32 Å². The molecule has 5 heteroatoms. The van der Waals surface area contributed by atoms with Crippen LogP contribution in [0.15, 0.2) is 48.5 Å². The molecule has 1 aliphatic heterocycles. The van der Waals surface area contributed by atoms with Gasteiger partial charge in [-0.25, -0.2) is 0 Å². The normalized spacial score (nSPS) is 13.1. The van der Waals surface area contributed by atoms with E-state index in [1.165, 1.54) is 5.56 Å². The van der Waals surface area contributed by atoms with Crippen LogP contribution in [0.2, 0.25) is 0 Å². The maximum absolute atomic E-state index is 12.0. The molecule has 2 aromatic rings. The second-order valence-corrected chi connectivity index (χ2v) is 5.82. The van der Waals surface area contributed by atoms with Gasteiger partial charge in [-0.2, -0.15) is 0 Å². The lowest BCUT2D eigenvalue weighted by molar-refractivity contribution is -0.129. The maximum Gasteiger partial charge on any atom is 0.262 e. The first-order valence-electron chi connectivity index (χ1n) is 7.97. The van der Waals surface area contributed by atoms with Crippen LogP contribution in [0.3, 0.4) is 0 Å². The molecule has 0 saturated carbocycles. The molecule has 0 aromatic heterocycles. The Morgan fingerprint density at radius 2 is 1.92 bits per heavy atom. The molecule has 1 aliphatic rings. The number of amides is 2. The van der Waals surface area contributed by atoms with Crippen LogP contribution in [0, 0.1) is 0 Å². The molecule has 5 nitrogen and oxygen atoms in total. The van der Waals surface area contributed by atoms with E-state index in [1.54, 1.807) is 6.92 Å². The van der Waals surface area contributed by atoms with Crippen LogP contribution < -0.4 is 10.1 Å². The van der Waals surface area contributed by atoms with Gasteiger partial charge in [-0.15, -0.1) is 0 Å². The third-order valence-corrected chi connectivity index (χ3v) is 4.06. The standard InChI is InChI=1S/C19H20N2O3/c1-14(22)21-10-9-15-7-8-17(11-16(15)12-21)20-19(23)13-24-18-5-3-2-4-6-18/h2-8,11H,9-10,12-13H2,1H3,(H,20,23). The first-order valence-corrected chi connectivity index (χ1v) is 7.97. The molecule has 0 bridgehead atoms. The number of carbonyl (C=O) groups is 2. The van der Waals surface area contributed by atoms with Crippen molar-refractivity contribution in [2.45, 2.75) is 19.9 Å². The number of benzene rings is 2. The van der Waals surface area contributed by atoms with Gasteiger partial charge in [0.1, 0.15) is 5.75 Å². The van der Waals surface area contributed by atoms with Crippen LogP contribution in [0.25, 0.3) is 0 Å². The zero-order chi connectivity index (χ0) is 16.9. The summed E-state index contributed by atoms with van der Waals surface area (Å²) < 4.78 is 5.44. The summed E-state index contributed by atoms with van der Waals surface area (Å²) in [6.07, 6.45) is 0.847. The molecular weight excluding hydrogens is 304 g/mol. The molecule has 0 aliphatic carbocycles. The quantitative estimate of drug-likeness (QED) is 0.940. The highest BCUT2D eigenvalue weighted by atomic mass is 16.5. The van der Waals surface area contributed by atoms with Crippen molar-refractivity contribution in [2.24, 2.45) is 0 Å². The Labute approximate surface area is 141 Å². The second kappa shape index (κ2) is 7.17. The number of hydrogen-bond donors (Lipinski definition) is 1. The van der Waals surface area contributed by atoms with E-state index < -0.39 is 0 Å². The number of para-hydroxylation sites is 1. The smallest absolute Gasteiger partial charge is 0.262 e. The van der Waals surface area contributed by atoms with Crippen LogP contribution in [-0.4, -0.2) is 29.9 Å². The molecule has 0 saturated heterocycles. The van der Waals surface area contributed by atoms with E-state index in [0.717, 1.165) is 24.2 Å². The molecule has 0 radical (unpaired) electrons. The summed E-state index contributed by atoms with van der Waals surface area (Å²) in [4.78, 5) is 25.4. The molecular formula is C19H20N2O3. The molecule has 24 heavy (non-hydrogen) atoms. The number of hydrogen-bond acceptors (Lipinski definition) is 3. The average Bonchev–Trinajstić information content (AvgIpc) is 2.60. The van der Waals surface area contributed by atoms with Gasteiger partial charge in [-0.05, 0) is 41.8 Å². The molecule has 0 fully saturated rings. The van der Waals surface area contributed by atoms with Gasteiger partial charge in [0.15, 0.2) is 6.61 Å². The van der Waals surface area contributed by atoms with Crippen LogP contribution in [0.4, 0.5) is 5.69 Å². The molecule has 2 amide bonds. The lowest BCUT2D eigenvalue weighted by atomic mass is 9.99. The van der Waals surface area contributed by atoms with Crippen molar-refractivity contribution in [3.8, 4) is 5.75 Å². The maximum atomic E-state index is 12.0. The zero-order valence-corrected chi connectivity index (χ0v) is 13.6. The number of carbonyl (C=O) groups excluding carboxylic acids is 2. The fraction of sp³-hybridized carbons (Fsp3) is 0.263. The SMILES string of the molecule is CC(=O)N1CCc2ccc(NC(=O)COc3ccccc3)cc2C1. The van der Waals surface area contributed by atoms with Gasteiger partial charge in [0.05, 0.1) is 0 Å². The van der Waals surface area contributed by atoms with E-state index in [1.807, 2.05) is 53.4 Å². The molecule has 1 N–H and O–H groups in total. The van der Waals surface area contributed by atoms with Gasteiger partial charge in [0.2, 0.25) is 5.91 Å². The van der Waals surface area contributed by atoms with Gasteiger partial charge in [0, 0.05) is 25.7 Å². The topological polar surface area (TPSA) is 58.6 Å². The van der Waals surface area contributed by atoms with Gasteiger partial charge >= 0.3 is 0 Å². The highest BCUT2D eigenvalue weighted by molar-refractivity contribution is 5.92. The average molecular weight is 324 g/mol. The summed E-state index contributed by atoms with van der Waals surface area (Å²) in [6.45, 7) is 2.88. The van der Waals surface area contributed by atoms with Crippen molar-refractivity contribution in [2.75, 3.05) is 18.5 Å². The number of nitrogens with zero attached hydrogens (tertiary/aromatic N) is 1. The Balaban J connectivity index is 1.60. The predicted molar refractivity (Wildman–Crippen MR) is 91.8 cm³/mol. The largest absolute Gasteiger partial charge is 0.484 e. The molecule has 0 spiro atoms. The van der Waals surface area contributed by atoms with Crippen LogP contribution in [0.1, 0.15) is 18.1 Å². The minimum atomic E-state index is -0.210. The first kappa shape index (κ1) is 16.1. The fourth-order valence-electron chi connectivity index (χ4n) is 2.77. The summed E-state index contributed by atoms with van der Waals surface area (Å²) in [5.74, 6) is 0.527. The second-order valence-electron chi connectivity index (χ2n) is 5.82. The Bertz CT molecular complexity index is 744. The van der Waals surface area contributed by atoms with E-state index >= 15 is 0 Å². The van der Waals surface area contributed by atoms with E-state index in [-0.39, 0.29) is 18.4 Å². The highest BCUT2D eigenvalue weighted by Gasteiger charge is 2.18. The van der Waals surface area contributed by atoms with E-state index in [0.29, 0.717) is 12.3 Å². The molecule has 1 heterocycles. The Morgan fingerprint density at radius 1 is 1.12 bits per heavy atom. The Kier molecular flexibility index (Phi) is 4.79. The Morgan fingerprint density at radius 3 is 2.67 bits per heavy atom. The fourth-order valence-corrected chi connectivity index (χ4v) is 2.77. The third-order valence-electron chi connectivity index (χ3n) is 4.06. The number of nitrogens with one attached hydrogen (secondary N) is 1. The number of ether oxygens (including phenoxy) is 1. The summed E-state index contributed by atoms with van der Waals surface area (Å²) in [5, 5.41) is 2.84. The lowest BCUT2D eigenvalue weighted by Crippen LogP contribution is -2.34. The molecule has 3 rings (SSSR count). The summed E-state index contributed by atoms with van der Waals surface area (Å²) in [5.41, 5.74) is 3.03. The van der Waals surface area contributed by atoms with Crippen LogP contribution >= 0.6 is 0 Å². The van der Waals surface area contributed by atoms with Crippen molar-refractivity contribution in [1.29, 1.82) is 0 Å². The van der Waals surface area contributed by atoms with Gasteiger partial charge in [-0.1, -0.05) is 24.3 Å². The van der Waals surface area contributed by atoms with Crippen LogP contribution in [0.5, 0.6) is 5.75 Å². The highest BCUT2D eigenvalue weighted by Crippen LogP contribution is 2.22. The first-order chi connectivity index (χ1) is 11.6. The lowest BCUT2D eigenvalue weighted by Gasteiger charge is -2.28. The minimum Gasteiger partial charge on any atom is -0.484 e. The Hall–Kier alpha value is -2.82. The number of anilines is 1. The van der Waals surface area contributed by atoms with Crippen molar-refractivity contribution < 1.29 is 14.3 Å². The molecule has 0 unspecified atom stereocenters. The van der Waals surface area contributed by atoms with Crippen molar-refractivity contribution in [3.05, 3.63) is 59.7 Å². The van der Waals surface area contributed by atoms with E-state index in [4.69, 9.17) is 4.74 Å². The van der Waals surface area contributed by atoms with Crippen molar-refractivity contribution >= 4 is 17.5 Å². The molecule has 124 valence electrons. The summed E-state index contributed by atoms with van der Waals surface area (Å²) >= 11 is 0. The van der Waals surface area contributed by atoms with Crippen molar-refractivity contribution in [1.82, 2.24) is 4.90 Å². The van der Waals surface area contributed by atoms with Gasteiger partial charge in [0.25, 0.3) is 5.91 Å². The molecule has 0 atom stereocenters. The monoisotopic (exact) mass is 324 g/mol. The van der Waals surface area contributed by atoms with Gasteiger partial charge in [-0.3, -0.25) is 9.59 Å². The third kappa shape index (κ3) is 3.93. The number of rotatable bonds is 4. The molecule has 2 aromatic carbocycles. The van der Waals surface area contributed by atoms with Crippen LogP contribution in [-0.2, 0) is 22.6 Å². The van der Waals surface area contributed by atoms with E-state index in [9.17, 15) is 9.59 Å².